The van der Waals surface area contributed by atoms with Crippen LogP contribution < -0.4 is 9.64 Å². The topological polar surface area (TPSA) is 12.5 Å². The molecule has 8 aromatic carbocycles. The highest BCUT2D eigenvalue weighted by Crippen LogP contribution is 2.53. The predicted molar refractivity (Wildman–Crippen MR) is 238 cm³/mol. The molecule has 9 aromatic rings. The third kappa shape index (κ3) is 5.41. The van der Waals surface area contributed by atoms with E-state index < -0.39 is 0 Å². The van der Waals surface area contributed by atoms with Crippen molar-refractivity contribution in [3.05, 3.63) is 187 Å². The fourth-order valence-electron chi connectivity index (χ4n) is 8.39. The summed E-state index contributed by atoms with van der Waals surface area (Å²) in [5, 5.41) is 2.58. The molecule has 5 heteroatoms. The highest BCUT2D eigenvalue weighted by Gasteiger charge is 2.34. The molecule has 0 unspecified atom stereocenters. The van der Waals surface area contributed by atoms with Gasteiger partial charge in [0, 0.05) is 42.1 Å². The van der Waals surface area contributed by atoms with Crippen molar-refractivity contribution in [1.82, 2.24) is 0 Å². The van der Waals surface area contributed by atoms with E-state index in [1.165, 1.54) is 63.5 Å². The molecule has 2 aliphatic rings. The van der Waals surface area contributed by atoms with Crippen LogP contribution in [-0.4, -0.2) is 0 Å². The molecule has 0 fully saturated rings. The maximum absolute atomic E-state index is 6.35. The van der Waals surface area contributed by atoms with Crippen molar-refractivity contribution in [3.63, 3.8) is 0 Å². The molecule has 0 saturated heterocycles. The van der Waals surface area contributed by atoms with Gasteiger partial charge in [0.25, 0.3) is 0 Å². The summed E-state index contributed by atoms with van der Waals surface area (Å²) in [5.74, 6) is 1.81. The zero-order valence-corrected chi connectivity index (χ0v) is 33.3. The van der Waals surface area contributed by atoms with Gasteiger partial charge in [-0.15, -0.1) is 11.3 Å². The number of ether oxygens (including phenoxy) is 1. The Labute approximate surface area is 339 Å². The maximum Gasteiger partial charge on any atom is 0.142 e. The fraction of sp³-hybridized carbons (Fsp3) is 0.0588. The van der Waals surface area contributed by atoms with Crippen molar-refractivity contribution in [2.24, 2.45) is 0 Å². The molecular weight excluding hydrogens is 739 g/mol. The average Bonchev–Trinajstić information content (AvgIpc) is 3.63. The number of hydrogen-bond donors (Lipinski definition) is 0. The molecule has 2 aliphatic heterocycles. The second kappa shape index (κ2) is 13.2. The standard InChI is InChI=1S/C51H35NOS3/c1-51(2)40-16-4-7-22-46(40)55-48-36(13-9-17-41(48)51)32-24-28-34(29-25-32)52(42-18-10-15-39-38-12-3-6-21-45(38)54-49(39)42)35-30-26-33(27-31-35)37-14-11-20-44-50(37)56-47-23-8-5-19-43(47)53-44/h3-31H,1-2H3. The summed E-state index contributed by atoms with van der Waals surface area (Å²) in [6.45, 7) is 4.71. The highest BCUT2D eigenvalue weighted by molar-refractivity contribution is 8.00. The van der Waals surface area contributed by atoms with Crippen LogP contribution in [0.2, 0.25) is 0 Å². The van der Waals surface area contributed by atoms with Gasteiger partial charge in [-0.3, -0.25) is 0 Å². The molecule has 0 aliphatic carbocycles. The van der Waals surface area contributed by atoms with Crippen LogP contribution in [0.25, 0.3) is 42.4 Å². The van der Waals surface area contributed by atoms with Gasteiger partial charge >= 0.3 is 0 Å². The minimum absolute atomic E-state index is 0.0751. The van der Waals surface area contributed by atoms with E-state index in [-0.39, 0.29) is 5.41 Å². The van der Waals surface area contributed by atoms with Crippen LogP contribution >= 0.6 is 34.9 Å². The summed E-state index contributed by atoms with van der Waals surface area (Å²) in [6.07, 6.45) is 0. The third-order valence-corrected chi connectivity index (χ3v) is 14.8. The first-order valence-corrected chi connectivity index (χ1v) is 21.4. The summed E-state index contributed by atoms with van der Waals surface area (Å²) in [5.41, 5.74) is 10.9. The van der Waals surface area contributed by atoms with Crippen molar-refractivity contribution in [2.75, 3.05) is 4.90 Å². The third-order valence-electron chi connectivity index (χ3n) is 11.2. The van der Waals surface area contributed by atoms with E-state index in [2.05, 4.69) is 183 Å². The number of anilines is 3. The first-order valence-electron chi connectivity index (χ1n) is 18.9. The Hall–Kier alpha value is -5.72. The van der Waals surface area contributed by atoms with Gasteiger partial charge in [-0.05, 0) is 94.0 Å². The minimum atomic E-state index is -0.0751. The fourth-order valence-corrected chi connectivity index (χ4v) is 12.2. The molecule has 56 heavy (non-hydrogen) atoms. The monoisotopic (exact) mass is 773 g/mol. The van der Waals surface area contributed by atoms with Gasteiger partial charge in [-0.25, -0.2) is 0 Å². The first-order chi connectivity index (χ1) is 27.5. The number of hydrogen-bond acceptors (Lipinski definition) is 5. The molecule has 0 N–H and O–H groups in total. The van der Waals surface area contributed by atoms with Crippen LogP contribution in [0.15, 0.2) is 196 Å². The molecule has 11 rings (SSSR count). The molecule has 268 valence electrons. The number of thiophene rings is 1. The molecule has 0 amide bonds. The van der Waals surface area contributed by atoms with Gasteiger partial charge in [0.2, 0.25) is 0 Å². The Morgan fingerprint density at radius 1 is 0.464 bits per heavy atom. The van der Waals surface area contributed by atoms with Gasteiger partial charge in [0.05, 0.1) is 20.2 Å². The van der Waals surface area contributed by atoms with Gasteiger partial charge in [-0.2, -0.15) is 0 Å². The Kier molecular flexibility index (Phi) is 7.92. The number of nitrogens with zero attached hydrogens (tertiary/aromatic N) is 1. The number of rotatable bonds is 5. The van der Waals surface area contributed by atoms with Crippen LogP contribution in [0.3, 0.4) is 0 Å². The molecule has 0 atom stereocenters. The van der Waals surface area contributed by atoms with E-state index >= 15 is 0 Å². The quantitative estimate of drug-likeness (QED) is 0.173. The van der Waals surface area contributed by atoms with E-state index in [0.29, 0.717) is 0 Å². The second-order valence-corrected chi connectivity index (χ2v) is 18.0. The average molecular weight is 774 g/mol. The van der Waals surface area contributed by atoms with Crippen LogP contribution in [-0.2, 0) is 5.41 Å². The van der Waals surface area contributed by atoms with Crippen molar-refractivity contribution >= 4 is 72.1 Å². The summed E-state index contributed by atoms with van der Waals surface area (Å²) in [7, 11) is 0. The van der Waals surface area contributed by atoms with Crippen molar-refractivity contribution in [2.45, 2.75) is 38.8 Å². The van der Waals surface area contributed by atoms with Crippen LogP contribution in [0.5, 0.6) is 11.5 Å². The van der Waals surface area contributed by atoms with Gasteiger partial charge < -0.3 is 9.64 Å². The van der Waals surface area contributed by atoms with Crippen LogP contribution in [0, 0.1) is 0 Å². The Morgan fingerprint density at radius 3 is 1.82 bits per heavy atom. The number of para-hydroxylation sites is 1. The molecule has 2 nitrogen and oxygen atoms in total. The minimum Gasteiger partial charge on any atom is -0.455 e. The lowest BCUT2D eigenvalue weighted by Gasteiger charge is -2.35. The summed E-state index contributed by atoms with van der Waals surface area (Å²) < 4.78 is 8.93. The summed E-state index contributed by atoms with van der Waals surface area (Å²) >= 11 is 5.54. The predicted octanol–water partition coefficient (Wildman–Crippen LogP) is 15.9. The van der Waals surface area contributed by atoms with E-state index in [0.717, 1.165) is 38.2 Å². The SMILES string of the molecule is CC1(C)c2ccccc2Sc2c(-c3ccc(N(c4ccc(-c5cccc6c5Sc5ccccc5O6)cc4)c4cccc5c4sc4ccccc45)cc3)cccc21. The molecule has 1 aromatic heterocycles. The molecule has 0 radical (unpaired) electrons. The lowest BCUT2D eigenvalue weighted by atomic mass is 9.77. The zero-order valence-electron chi connectivity index (χ0n) is 30.8. The molecular formula is C51H35NOS3. The van der Waals surface area contributed by atoms with Gasteiger partial charge in [0.1, 0.15) is 11.5 Å². The first kappa shape index (κ1) is 33.6. The zero-order chi connectivity index (χ0) is 37.4. The lowest BCUT2D eigenvalue weighted by molar-refractivity contribution is 0.455. The lowest BCUT2D eigenvalue weighted by Crippen LogP contribution is -2.23. The van der Waals surface area contributed by atoms with E-state index in [1.54, 1.807) is 11.8 Å². The van der Waals surface area contributed by atoms with Crippen molar-refractivity contribution in [3.8, 4) is 33.8 Å². The molecule has 0 saturated carbocycles. The van der Waals surface area contributed by atoms with E-state index in [4.69, 9.17) is 4.74 Å². The maximum atomic E-state index is 6.35. The van der Waals surface area contributed by atoms with Crippen LogP contribution in [0.1, 0.15) is 25.0 Å². The van der Waals surface area contributed by atoms with Gasteiger partial charge in [0.15, 0.2) is 0 Å². The van der Waals surface area contributed by atoms with Crippen molar-refractivity contribution < 1.29 is 4.74 Å². The molecule has 0 bridgehead atoms. The number of fused-ring (bicyclic) bond motifs is 7. The van der Waals surface area contributed by atoms with Crippen LogP contribution in [0.4, 0.5) is 17.1 Å². The Balaban J connectivity index is 1.02. The smallest absolute Gasteiger partial charge is 0.142 e. The van der Waals surface area contributed by atoms with Crippen molar-refractivity contribution in [1.29, 1.82) is 0 Å². The molecule has 3 heterocycles. The highest BCUT2D eigenvalue weighted by atomic mass is 32.2. The van der Waals surface area contributed by atoms with E-state index in [9.17, 15) is 0 Å². The van der Waals surface area contributed by atoms with Gasteiger partial charge in [-0.1, -0.05) is 153 Å². The number of benzene rings is 8. The normalized spacial score (nSPS) is 13.7. The largest absolute Gasteiger partial charge is 0.455 e. The molecule has 0 spiro atoms. The van der Waals surface area contributed by atoms with E-state index in [1.807, 2.05) is 35.2 Å². The Morgan fingerprint density at radius 2 is 1.04 bits per heavy atom. The summed E-state index contributed by atoms with van der Waals surface area (Å²) in [4.78, 5) is 7.40. The Bertz CT molecular complexity index is 2980. The second-order valence-electron chi connectivity index (χ2n) is 14.9. The summed E-state index contributed by atoms with van der Waals surface area (Å²) in [6, 6.07) is 64.0.